The molecule has 0 aliphatic carbocycles. The lowest BCUT2D eigenvalue weighted by atomic mass is 10.0. The summed E-state index contributed by atoms with van der Waals surface area (Å²) in [5, 5.41) is 5.64. The second kappa shape index (κ2) is 5.70. The Labute approximate surface area is 114 Å². The van der Waals surface area contributed by atoms with Crippen LogP contribution in [0.2, 0.25) is 0 Å². The highest BCUT2D eigenvalue weighted by atomic mass is 15.2. The van der Waals surface area contributed by atoms with Crippen molar-refractivity contribution in [1.29, 1.82) is 0 Å². The minimum Gasteiger partial charge on any atom is -0.275 e. The number of aryl methyl sites for hydroxylation is 2. The summed E-state index contributed by atoms with van der Waals surface area (Å²) in [4.78, 5) is 0. The molecule has 19 heavy (non-hydrogen) atoms. The lowest BCUT2D eigenvalue weighted by Gasteiger charge is -2.03. The first-order valence-electron chi connectivity index (χ1n) is 6.73. The predicted octanol–water partition coefficient (Wildman–Crippen LogP) is 4.57. The summed E-state index contributed by atoms with van der Waals surface area (Å²) in [5.74, 6) is 0. The van der Waals surface area contributed by atoms with Crippen molar-refractivity contribution < 1.29 is 0 Å². The van der Waals surface area contributed by atoms with Crippen molar-refractivity contribution >= 4 is 10.9 Å². The SMILES string of the molecule is CC.Cc1ccc(-c2cccc3nn(C)cc23)cc1. The van der Waals surface area contributed by atoms with Crippen LogP contribution in [0.1, 0.15) is 19.4 Å². The fraction of sp³-hybridized carbons (Fsp3) is 0.235. The van der Waals surface area contributed by atoms with Crippen LogP contribution in [-0.2, 0) is 7.05 Å². The molecule has 0 saturated carbocycles. The molecule has 0 bridgehead atoms. The van der Waals surface area contributed by atoms with E-state index in [4.69, 9.17) is 0 Å². The van der Waals surface area contributed by atoms with E-state index >= 15 is 0 Å². The maximum atomic E-state index is 4.43. The number of fused-ring (bicyclic) bond motifs is 1. The molecular formula is C17H20N2. The zero-order valence-electron chi connectivity index (χ0n) is 12.0. The molecule has 0 aliphatic rings. The molecule has 2 nitrogen and oxygen atoms in total. The van der Waals surface area contributed by atoms with Crippen LogP contribution in [0, 0.1) is 6.92 Å². The quantitative estimate of drug-likeness (QED) is 0.620. The first-order chi connectivity index (χ1) is 9.24. The second-order valence-corrected chi connectivity index (χ2v) is 4.41. The number of rotatable bonds is 1. The highest BCUT2D eigenvalue weighted by Crippen LogP contribution is 2.27. The maximum Gasteiger partial charge on any atom is 0.0929 e. The van der Waals surface area contributed by atoms with Crippen molar-refractivity contribution in [3.05, 3.63) is 54.2 Å². The third-order valence-electron chi connectivity index (χ3n) is 3.03. The molecule has 1 heterocycles. The van der Waals surface area contributed by atoms with Gasteiger partial charge in [0.2, 0.25) is 0 Å². The molecule has 0 amide bonds. The number of benzene rings is 2. The smallest absolute Gasteiger partial charge is 0.0929 e. The van der Waals surface area contributed by atoms with Gasteiger partial charge in [-0.3, -0.25) is 4.68 Å². The zero-order valence-corrected chi connectivity index (χ0v) is 12.0. The van der Waals surface area contributed by atoms with E-state index in [2.05, 4.69) is 54.6 Å². The van der Waals surface area contributed by atoms with E-state index in [1.54, 1.807) is 0 Å². The van der Waals surface area contributed by atoms with Crippen LogP contribution in [0.4, 0.5) is 0 Å². The van der Waals surface area contributed by atoms with E-state index in [9.17, 15) is 0 Å². The molecule has 3 aromatic rings. The van der Waals surface area contributed by atoms with E-state index in [0.29, 0.717) is 0 Å². The first kappa shape index (κ1) is 13.3. The zero-order chi connectivity index (χ0) is 13.8. The molecule has 2 heteroatoms. The third kappa shape index (κ3) is 2.68. The standard InChI is InChI=1S/C15H14N2.C2H6/c1-11-6-8-12(9-7-11)13-4-3-5-15-14(13)10-17(2)16-15;1-2/h3-10H,1-2H3;1-2H3. The van der Waals surface area contributed by atoms with E-state index in [0.717, 1.165) is 5.52 Å². The first-order valence-corrected chi connectivity index (χ1v) is 6.73. The maximum absolute atomic E-state index is 4.43. The Morgan fingerprint density at radius 1 is 0.947 bits per heavy atom. The minimum absolute atomic E-state index is 1.05. The summed E-state index contributed by atoms with van der Waals surface area (Å²) in [6.45, 7) is 6.11. The molecule has 0 aliphatic heterocycles. The Balaban J connectivity index is 0.000000637. The number of aromatic nitrogens is 2. The number of hydrogen-bond donors (Lipinski definition) is 0. The van der Waals surface area contributed by atoms with Gasteiger partial charge in [-0.2, -0.15) is 5.10 Å². The van der Waals surface area contributed by atoms with Crippen molar-refractivity contribution in [2.24, 2.45) is 7.05 Å². The van der Waals surface area contributed by atoms with Gasteiger partial charge in [-0.15, -0.1) is 0 Å². The van der Waals surface area contributed by atoms with E-state index in [1.165, 1.54) is 22.1 Å². The molecule has 0 spiro atoms. The molecule has 3 rings (SSSR count). The molecule has 0 atom stereocenters. The van der Waals surface area contributed by atoms with Crippen molar-refractivity contribution in [3.63, 3.8) is 0 Å². The third-order valence-corrected chi connectivity index (χ3v) is 3.03. The fourth-order valence-corrected chi connectivity index (χ4v) is 2.15. The van der Waals surface area contributed by atoms with Gasteiger partial charge in [-0.1, -0.05) is 55.8 Å². The van der Waals surface area contributed by atoms with Crippen molar-refractivity contribution in [1.82, 2.24) is 9.78 Å². The Kier molecular flexibility index (Phi) is 4.00. The number of hydrogen-bond acceptors (Lipinski definition) is 1. The average molecular weight is 252 g/mol. The van der Waals surface area contributed by atoms with Crippen LogP contribution in [-0.4, -0.2) is 9.78 Å². The van der Waals surface area contributed by atoms with Crippen molar-refractivity contribution in [2.75, 3.05) is 0 Å². The minimum atomic E-state index is 1.05. The predicted molar refractivity (Wildman–Crippen MR) is 82.2 cm³/mol. The lowest BCUT2D eigenvalue weighted by Crippen LogP contribution is -1.84. The van der Waals surface area contributed by atoms with Crippen LogP contribution in [0.3, 0.4) is 0 Å². The fourth-order valence-electron chi connectivity index (χ4n) is 2.15. The highest BCUT2D eigenvalue weighted by molar-refractivity contribution is 5.94. The summed E-state index contributed by atoms with van der Waals surface area (Å²) in [6.07, 6.45) is 2.07. The summed E-state index contributed by atoms with van der Waals surface area (Å²) >= 11 is 0. The summed E-state index contributed by atoms with van der Waals surface area (Å²) in [7, 11) is 1.96. The topological polar surface area (TPSA) is 17.8 Å². The van der Waals surface area contributed by atoms with E-state index in [1.807, 2.05) is 31.6 Å². The molecule has 98 valence electrons. The van der Waals surface area contributed by atoms with Crippen LogP contribution in [0.25, 0.3) is 22.0 Å². The molecule has 0 saturated heterocycles. The molecule has 0 radical (unpaired) electrons. The van der Waals surface area contributed by atoms with Gasteiger partial charge in [0.25, 0.3) is 0 Å². The van der Waals surface area contributed by atoms with Crippen LogP contribution < -0.4 is 0 Å². The summed E-state index contributed by atoms with van der Waals surface area (Å²) in [5.41, 5.74) is 4.82. The number of nitrogens with zero attached hydrogens (tertiary/aromatic N) is 2. The van der Waals surface area contributed by atoms with E-state index < -0.39 is 0 Å². The van der Waals surface area contributed by atoms with Gasteiger partial charge >= 0.3 is 0 Å². The highest BCUT2D eigenvalue weighted by Gasteiger charge is 2.05. The van der Waals surface area contributed by atoms with Crippen LogP contribution in [0.15, 0.2) is 48.7 Å². The second-order valence-electron chi connectivity index (χ2n) is 4.41. The lowest BCUT2D eigenvalue weighted by molar-refractivity contribution is 0.780. The van der Waals surface area contributed by atoms with Gasteiger partial charge in [0, 0.05) is 18.6 Å². The largest absolute Gasteiger partial charge is 0.275 e. The molecule has 2 aromatic carbocycles. The Bertz CT molecular complexity index is 663. The van der Waals surface area contributed by atoms with Gasteiger partial charge < -0.3 is 0 Å². The Hall–Kier alpha value is -2.09. The Morgan fingerprint density at radius 2 is 1.63 bits per heavy atom. The monoisotopic (exact) mass is 252 g/mol. The molecule has 0 unspecified atom stereocenters. The summed E-state index contributed by atoms with van der Waals surface area (Å²) in [6, 6.07) is 14.9. The van der Waals surface area contributed by atoms with Crippen molar-refractivity contribution in [2.45, 2.75) is 20.8 Å². The van der Waals surface area contributed by atoms with E-state index in [-0.39, 0.29) is 0 Å². The molecule has 0 N–H and O–H groups in total. The average Bonchev–Trinajstić information content (AvgIpc) is 2.82. The van der Waals surface area contributed by atoms with Crippen LogP contribution in [0.5, 0.6) is 0 Å². The Morgan fingerprint density at radius 3 is 2.32 bits per heavy atom. The van der Waals surface area contributed by atoms with Gasteiger partial charge in [0.15, 0.2) is 0 Å². The van der Waals surface area contributed by atoms with Crippen LogP contribution >= 0.6 is 0 Å². The van der Waals surface area contributed by atoms with Gasteiger partial charge in [-0.05, 0) is 24.1 Å². The summed E-state index contributed by atoms with van der Waals surface area (Å²) < 4.78 is 1.86. The molecule has 0 fully saturated rings. The molecule has 1 aromatic heterocycles. The molecular weight excluding hydrogens is 232 g/mol. The normalized spacial score (nSPS) is 10.1. The van der Waals surface area contributed by atoms with Gasteiger partial charge in [0.05, 0.1) is 5.52 Å². The van der Waals surface area contributed by atoms with Gasteiger partial charge in [0.1, 0.15) is 0 Å². The van der Waals surface area contributed by atoms with Gasteiger partial charge in [-0.25, -0.2) is 0 Å². The van der Waals surface area contributed by atoms with Crippen molar-refractivity contribution in [3.8, 4) is 11.1 Å².